The van der Waals surface area contributed by atoms with E-state index in [1.807, 2.05) is 6.08 Å². The van der Waals surface area contributed by atoms with Crippen molar-refractivity contribution in [1.29, 1.82) is 0 Å². The fourth-order valence-electron chi connectivity index (χ4n) is 1.54. The van der Waals surface area contributed by atoms with Crippen LogP contribution in [-0.2, 0) is 0 Å². The fraction of sp³-hybridized carbons (Fsp3) is 0.667. The monoisotopic (exact) mass is 234 g/mol. The molecule has 1 heteroatoms. The summed E-state index contributed by atoms with van der Waals surface area (Å²) in [7, 11) is -1.26. The van der Waals surface area contributed by atoms with Crippen molar-refractivity contribution in [3.8, 4) is 11.5 Å². The Bertz CT molecular complexity index is 301. The molecular formula is C15H26Si. The number of hydrogen-bond donors (Lipinski definition) is 0. The van der Waals surface area contributed by atoms with Crippen LogP contribution in [0.4, 0.5) is 0 Å². The fourth-order valence-corrected chi connectivity index (χ4v) is 3.95. The van der Waals surface area contributed by atoms with Crippen LogP contribution in [0, 0.1) is 16.9 Å². The quantitative estimate of drug-likeness (QED) is 0.374. The number of hydrogen-bond acceptors (Lipinski definition) is 0. The highest BCUT2D eigenvalue weighted by molar-refractivity contribution is 6.87. The lowest BCUT2D eigenvalue weighted by molar-refractivity contribution is 0.545. The molecular weight excluding hydrogens is 208 g/mol. The van der Waals surface area contributed by atoms with E-state index in [1.54, 1.807) is 0 Å². The van der Waals surface area contributed by atoms with Crippen molar-refractivity contribution in [2.45, 2.75) is 59.7 Å². The van der Waals surface area contributed by atoms with E-state index in [9.17, 15) is 0 Å². The molecule has 0 atom stereocenters. The standard InChI is InChI=1S/C15H26Si/c1-7-16(8-2,9-3)14-12-10-11-13-15(4,5)6/h10,13H,7-9H2,1-6H3. The van der Waals surface area contributed by atoms with E-state index < -0.39 is 8.07 Å². The van der Waals surface area contributed by atoms with Crippen molar-refractivity contribution in [3.63, 3.8) is 0 Å². The van der Waals surface area contributed by atoms with Crippen LogP contribution in [0.3, 0.4) is 0 Å². The third-order valence-corrected chi connectivity index (χ3v) is 7.77. The van der Waals surface area contributed by atoms with Gasteiger partial charge in [-0.05, 0) is 29.6 Å². The minimum atomic E-state index is -1.26. The molecule has 0 aliphatic carbocycles. The molecule has 0 saturated heterocycles. The van der Waals surface area contributed by atoms with Gasteiger partial charge in [-0.15, -0.1) is 11.3 Å². The van der Waals surface area contributed by atoms with Gasteiger partial charge in [0.15, 0.2) is 0 Å². The SMILES string of the molecule is CC[Si](C#CC=C=CC(C)(C)C)(CC)CC. The second kappa shape index (κ2) is 6.79. The van der Waals surface area contributed by atoms with Gasteiger partial charge < -0.3 is 0 Å². The molecule has 0 aromatic carbocycles. The maximum atomic E-state index is 3.52. The third-order valence-electron chi connectivity index (χ3n) is 3.04. The Kier molecular flexibility index (Phi) is 6.49. The first-order chi connectivity index (χ1) is 7.39. The predicted molar refractivity (Wildman–Crippen MR) is 77.1 cm³/mol. The van der Waals surface area contributed by atoms with E-state index in [-0.39, 0.29) is 5.41 Å². The van der Waals surface area contributed by atoms with Crippen molar-refractivity contribution in [2.75, 3.05) is 0 Å². The molecule has 0 spiro atoms. The first kappa shape index (κ1) is 15.3. The number of allylic oxidation sites excluding steroid dienone is 1. The molecule has 0 N–H and O–H groups in total. The van der Waals surface area contributed by atoms with Crippen molar-refractivity contribution in [3.05, 3.63) is 17.9 Å². The van der Waals surface area contributed by atoms with E-state index in [1.165, 1.54) is 18.1 Å². The normalized spacial score (nSPS) is 11.1. The van der Waals surface area contributed by atoms with Gasteiger partial charge in [-0.3, -0.25) is 0 Å². The number of rotatable bonds is 3. The summed E-state index contributed by atoms with van der Waals surface area (Å²) in [4.78, 5) is 0. The van der Waals surface area contributed by atoms with Crippen LogP contribution in [0.1, 0.15) is 41.5 Å². The molecule has 0 nitrogen and oxygen atoms in total. The summed E-state index contributed by atoms with van der Waals surface area (Å²) >= 11 is 0. The van der Waals surface area contributed by atoms with Gasteiger partial charge in [0.2, 0.25) is 0 Å². The second-order valence-electron chi connectivity index (χ2n) is 5.43. The minimum Gasteiger partial charge on any atom is -0.126 e. The van der Waals surface area contributed by atoms with Crippen molar-refractivity contribution >= 4 is 8.07 Å². The maximum Gasteiger partial charge on any atom is 0.138 e. The Morgan fingerprint density at radius 3 is 1.88 bits per heavy atom. The Morgan fingerprint density at radius 1 is 1.00 bits per heavy atom. The lowest BCUT2D eigenvalue weighted by atomic mass is 9.97. The summed E-state index contributed by atoms with van der Waals surface area (Å²) in [5.74, 6) is 3.20. The van der Waals surface area contributed by atoms with Crippen LogP contribution >= 0.6 is 0 Å². The summed E-state index contributed by atoms with van der Waals surface area (Å²) in [6.07, 6.45) is 3.96. The molecule has 90 valence electrons. The van der Waals surface area contributed by atoms with Gasteiger partial charge in [-0.25, -0.2) is 0 Å². The van der Waals surface area contributed by atoms with E-state index in [0.29, 0.717) is 0 Å². The molecule has 0 aromatic rings. The van der Waals surface area contributed by atoms with Gasteiger partial charge in [0.05, 0.1) is 0 Å². The molecule has 0 unspecified atom stereocenters. The largest absolute Gasteiger partial charge is 0.138 e. The van der Waals surface area contributed by atoms with E-state index in [0.717, 1.165) is 0 Å². The molecule has 0 radical (unpaired) electrons. The van der Waals surface area contributed by atoms with Crippen LogP contribution in [-0.4, -0.2) is 8.07 Å². The van der Waals surface area contributed by atoms with Gasteiger partial charge in [0.1, 0.15) is 8.07 Å². The van der Waals surface area contributed by atoms with Crippen LogP contribution in [0.25, 0.3) is 0 Å². The summed E-state index contributed by atoms with van der Waals surface area (Å²) < 4.78 is 0. The zero-order valence-corrected chi connectivity index (χ0v) is 12.8. The second-order valence-corrected chi connectivity index (χ2v) is 10.4. The van der Waals surface area contributed by atoms with Crippen LogP contribution < -0.4 is 0 Å². The average molecular weight is 234 g/mol. The summed E-state index contributed by atoms with van der Waals surface area (Å²) in [6.45, 7) is 13.4. The molecule has 0 bridgehead atoms. The molecule has 0 fully saturated rings. The molecule has 16 heavy (non-hydrogen) atoms. The molecule has 0 saturated carbocycles. The predicted octanol–water partition coefficient (Wildman–Crippen LogP) is 4.79. The van der Waals surface area contributed by atoms with Gasteiger partial charge in [0, 0.05) is 6.08 Å². The zero-order chi connectivity index (χ0) is 12.7. The minimum absolute atomic E-state index is 0.201. The molecule has 0 aliphatic heterocycles. The smallest absolute Gasteiger partial charge is 0.126 e. The Hall–Kier alpha value is -0.703. The van der Waals surface area contributed by atoms with Gasteiger partial charge in [-0.1, -0.05) is 47.5 Å². The molecule has 0 heterocycles. The van der Waals surface area contributed by atoms with Crippen molar-refractivity contribution in [1.82, 2.24) is 0 Å². The lowest BCUT2D eigenvalue weighted by Gasteiger charge is -2.19. The third kappa shape index (κ3) is 6.01. The van der Waals surface area contributed by atoms with Gasteiger partial charge in [0.25, 0.3) is 0 Å². The molecule has 0 amide bonds. The Balaban J connectivity index is 4.68. The average Bonchev–Trinajstić information content (AvgIpc) is 2.23. The Labute approximate surface area is 103 Å². The topological polar surface area (TPSA) is 0 Å². The molecule has 0 aliphatic rings. The highest BCUT2D eigenvalue weighted by Gasteiger charge is 2.23. The molecule has 0 aromatic heterocycles. The first-order valence-corrected chi connectivity index (χ1v) is 8.96. The van der Waals surface area contributed by atoms with E-state index in [2.05, 4.69) is 64.8 Å². The lowest BCUT2D eigenvalue weighted by Crippen LogP contribution is -2.29. The van der Waals surface area contributed by atoms with Gasteiger partial charge in [-0.2, -0.15) is 0 Å². The zero-order valence-electron chi connectivity index (χ0n) is 11.8. The Morgan fingerprint density at radius 2 is 1.50 bits per heavy atom. The van der Waals surface area contributed by atoms with Gasteiger partial charge >= 0.3 is 0 Å². The van der Waals surface area contributed by atoms with E-state index >= 15 is 0 Å². The van der Waals surface area contributed by atoms with Crippen LogP contribution in [0.5, 0.6) is 0 Å². The summed E-state index contributed by atoms with van der Waals surface area (Å²) in [6, 6.07) is 3.80. The highest BCUT2D eigenvalue weighted by Crippen LogP contribution is 2.18. The van der Waals surface area contributed by atoms with Crippen LogP contribution in [0.2, 0.25) is 18.1 Å². The summed E-state index contributed by atoms with van der Waals surface area (Å²) in [5, 5.41) is 0. The van der Waals surface area contributed by atoms with Crippen LogP contribution in [0.15, 0.2) is 17.9 Å². The van der Waals surface area contributed by atoms with E-state index in [4.69, 9.17) is 0 Å². The van der Waals surface area contributed by atoms with Crippen molar-refractivity contribution in [2.24, 2.45) is 5.41 Å². The maximum absolute atomic E-state index is 3.52. The first-order valence-electron chi connectivity index (χ1n) is 6.34. The highest BCUT2D eigenvalue weighted by atomic mass is 28.3. The molecule has 0 rings (SSSR count). The van der Waals surface area contributed by atoms with Crippen molar-refractivity contribution < 1.29 is 0 Å². The summed E-state index contributed by atoms with van der Waals surface area (Å²) in [5.41, 5.74) is 6.89.